The molecule has 1 amide bonds. The summed E-state index contributed by atoms with van der Waals surface area (Å²) in [5, 5.41) is 4.11. The molecular weight excluding hydrogens is 376 g/mol. The van der Waals surface area contributed by atoms with Crippen molar-refractivity contribution in [3.63, 3.8) is 0 Å². The van der Waals surface area contributed by atoms with Crippen LogP contribution in [0.25, 0.3) is 10.9 Å². The molecule has 2 atom stereocenters. The number of rotatable bonds is 4. The van der Waals surface area contributed by atoms with Gasteiger partial charge in [0.25, 0.3) is 5.91 Å². The number of fused-ring (bicyclic) bond motifs is 1. The monoisotopic (exact) mass is 398 g/mol. The molecular formula is C21H22N2O4S. The van der Waals surface area contributed by atoms with Gasteiger partial charge in [0.05, 0.1) is 23.9 Å². The first-order valence-corrected chi connectivity index (χ1v) is 11.1. The summed E-state index contributed by atoms with van der Waals surface area (Å²) in [6, 6.07) is 7.46. The standard InChI is InChI=1S/C21H22N2O4S/c1-12-17(5-6-28(12,25)26)22-19(24)16-7-14-3-4-15(21-9-13(10-21)11-21)8-18(14)23-20(16)27-2/h3-8,12-13,17H,9-11H2,1-2H3,(H,22,24)/t12-,13?,17+,21?/m0/s1. The molecule has 1 aromatic carbocycles. The number of nitrogens with zero attached hydrogens (tertiary/aromatic N) is 1. The molecule has 0 unspecified atom stereocenters. The summed E-state index contributed by atoms with van der Waals surface area (Å²) in [5.74, 6) is 0.755. The van der Waals surface area contributed by atoms with Gasteiger partial charge in [0.15, 0.2) is 9.84 Å². The summed E-state index contributed by atoms with van der Waals surface area (Å²) in [5.41, 5.74) is 2.79. The van der Waals surface area contributed by atoms with E-state index in [1.54, 1.807) is 13.0 Å². The number of amides is 1. The minimum Gasteiger partial charge on any atom is -0.480 e. The quantitative estimate of drug-likeness (QED) is 0.856. The van der Waals surface area contributed by atoms with Gasteiger partial charge in [-0.2, -0.15) is 0 Å². The van der Waals surface area contributed by atoms with Gasteiger partial charge in [-0.15, -0.1) is 0 Å². The molecule has 2 bridgehead atoms. The number of benzene rings is 1. The summed E-state index contributed by atoms with van der Waals surface area (Å²) in [4.78, 5) is 17.4. The van der Waals surface area contributed by atoms with Crippen LogP contribution in [-0.4, -0.2) is 37.7 Å². The highest BCUT2D eigenvalue weighted by molar-refractivity contribution is 7.95. The van der Waals surface area contributed by atoms with Crippen molar-refractivity contribution in [2.75, 3.05) is 7.11 Å². The van der Waals surface area contributed by atoms with Crippen LogP contribution in [-0.2, 0) is 15.3 Å². The van der Waals surface area contributed by atoms with Crippen molar-refractivity contribution in [3.8, 4) is 5.88 Å². The molecule has 6 nitrogen and oxygen atoms in total. The molecule has 7 heteroatoms. The van der Waals surface area contributed by atoms with Gasteiger partial charge >= 0.3 is 0 Å². The molecule has 1 N–H and O–H groups in total. The van der Waals surface area contributed by atoms with Gasteiger partial charge in [-0.25, -0.2) is 13.4 Å². The van der Waals surface area contributed by atoms with E-state index in [2.05, 4.69) is 22.4 Å². The Morgan fingerprint density at radius 3 is 2.57 bits per heavy atom. The third kappa shape index (κ3) is 2.49. The molecule has 0 radical (unpaired) electrons. The summed E-state index contributed by atoms with van der Waals surface area (Å²) in [6.07, 6.45) is 5.32. The first-order chi connectivity index (χ1) is 13.3. The van der Waals surface area contributed by atoms with Crippen LogP contribution in [0.4, 0.5) is 0 Å². The number of nitrogens with one attached hydrogen (secondary N) is 1. The fourth-order valence-corrected chi connectivity index (χ4v) is 5.91. The lowest BCUT2D eigenvalue weighted by atomic mass is 9.42. The normalized spacial score (nSPS) is 31.9. The SMILES string of the molecule is COc1nc2cc(C34CC(C3)C4)ccc2cc1C(=O)N[C@@H]1C=CS(=O)(=O)[C@H]1C. The summed E-state index contributed by atoms with van der Waals surface area (Å²) < 4.78 is 29.1. The molecule has 2 heterocycles. The molecule has 6 rings (SSSR count). The maximum atomic E-state index is 12.8. The summed E-state index contributed by atoms with van der Waals surface area (Å²) >= 11 is 0. The fourth-order valence-electron chi connectivity index (χ4n) is 4.70. The minimum absolute atomic E-state index is 0.247. The zero-order valence-electron chi connectivity index (χ0n) is 15.8. The Morgan fingerprint density at radius 1 is 1.25 bits per heavy atom. The maximum Gasteiger partial charge on any atom is 0.257 e. The Bertz CT molecular complexity index is 1120. The number of carbonyl (C=O) groups excluding carboxylic acids is 1. The van der Waals surface area contributed by atoms with Crippen molar-refractivity contribution in [1.29, 1.82) is 0 Å². The van der Waals surface area contributed by atoms with Crippen LogP contribution in [0, 0.1) is 5.92 Å². The van der Waals surface area contributed by atoms with Gasteiger partial charge in [-0.05, 0) is 61.3 Å². The Hall–Kier alpha value is -2.41. The highest BCUT2D eigenvalue weighted by Crippen LogP contribution is 2.65. The van der Waals surface area contributed by atoms with Crippen LogP contribution in [0.1, 0.15) is 42.1 Å². The van der Waals surface area contributed by atoms with Gasteiger partial charge < -0.3 is 10.1 Å². The predicted molar refractivity (Wildman–Crippen MR) is 106 cm³/mol. The number of hydrogen-bond acceptors (Lipinski definition) is 5. The first kappa shape index (κ1) is 17.7. The van der Waals surface area contributed by atoms with Crippen LogP contribution >= 0.6 is 0 Å². The topological polar surface area (TPSA) is 85.4 Å². The maximum absolute atomic E-state index is 12.8. The molecule has 28 heavy (non-hydrogen) atoms. The van der Waals surface area contributed by atoms with Crippen LogP contribution in [0.2, 0.25) is 0 Å². The third-order valence-corrected chi connectivity index (χ3v) is 8.53. The van der Waals surface area contributed by atoms with Crippen molar-refractivity contribution in [2.45, 2.75) is 42.9 Å². The second-order valence-corrected chi connectivity index (χ2v) is 10.5. The lowest BCUT2D eigenvalue weighted by Gasteiger charge is -2.62. The van der Waals surface area contributed by atoms with Crippen molar-refractivity contribution in [3.05, 3.63) is 46.9 Å². The number of carbonyl (C=O) groups is 1. The number of ether oxygens (including phenoxy) is 1. The lowest BCUT2D eigenvalue weighted by Crippen LogP contribution is -2.55. The molecule has 0 saturated heterocycles. The number of methoxy groups -OCH3 is 1. The van der Waals surface area contributed by atoms with Crippen molar-refractivity contribution in [1.82, 2.24) is 10.3 Å². The molecule has 3 aliphatic carbocycles. The molecule has 3 fully saturated rings. The van der Waals surface area contributed by atoms with E-state index >= 15 is 0 Å². The molecule has 4 aliphatic rings. The largest absolute Gasteiger partial charge is 0.480 e. The van der Waals surface area contributed by atoms with E-state index in [9.17, 15) is 13.2 Å². The zero-order chi connectivity index (χ0) is 19.7. The molecule has 146 valence electrons. The second-order valence-electron chi connectivity index (χ2n) is 8.33. The molecule has 2 aromatic rings. The Balaban J connectivity index is 1.46. The van der Waals surface area contributed by atoms with E-state index in [0.29, 0.717) is 11.0 Å². The number of sulfone groups is 1. The average Bonchev–Trinajstić information content (AvgIpc) is 2.84. The number of aromatic nitrogens is 1. The average molecular weight is 398 g/mol. The third-order valence-electron chi connectivity index (χ3n) is 6.67. The molecule has 3 saturated carbocycles. The van der Waals surface area contributed by atoms with Crippen molar-refractivity contribution in [2.24, 2.45) is 5.92 Å². The van der Waals surface area contributed by atoms with E-state index < -0.39 is 27.0 Å². The number of hydrogen-bond donors (Lipinski definition) is 1. The first-order valence-electron chi connectivity index (χ1n) is 9.54. The van der Waals surface area contributed by atoms with E-state index in [1.165, 1.54) is 38.0 Å². The van der Waals surface area contributed by atoms with Gasteiger partial charge in [0.2, 0.25) is 5.88 Å². The highest BCUT2D eigenvalue weighted by Gasteiger charge is 2.57. The molecule has 1 aromatic heterocycles. The van der Waals surface area contributed by atoms with Gasteiger partial charge in [0.1, 0.15) is 5.56 Å². The van der Waals surface area contributed by atoms with Crippen molar-refractivity contribution < 1.29 is 17.9 Å². The van der Waals surface area contributed by atoms with Crippen LogP contribution < -0.4 is 10.1 Å². The van der Waals surface area contributed by atoms with Crippen molar-refractivity contribution >= 4 is 26.6 Å². The van der Waals surface area contributed by atoms with E-state index in [0.717, 1.165) is 22.2 Å². The predicted octanol–water partition coefficient (Wildman–Crippen LogP) is 2.72. The zero-order valence-corrected chi connectivity index (χ0v) is 16.6. The van der Waals surface area contributed by atoms with Gasteiger partial charge in [-0.3, -0.25) is 4.79 Å². The van der Waals surface area contributed by atoms with Crippen LogP contribution in [0.5, 0.6) is 5.88 Å². The van der Waals surface area contributed by atoms with E-state index in [4.69, 9.17) is 4.74 Å². The number of pyridine rings is 1. The minimum atomic E-state index is -3.31. The Labute approximate surface area is 163 Å². The summed E-state index contributed by atoms with van der Waals surface area (Å²) in [7, 11) is -1.82. The van der Waals surface area contributed by atoms with Gasteiger partial charge in [-0.1, -0.05) is 12.1 Å². The van der Waals surface area contributed by atoms with Gasteiger partial charge in [0, 0.05) is 10.8 Å². The molecule has 1 aliphatic heterocycles. The second kappa shape index (κ2) is 5.80. The fraction of sp³-hybridized carbons (Fsp3) is 0.429. The van der Waals surface area contributed by atoms with Crippen LogP contribution in [0.3, 0.4) is 0 Å². The molecule has 0 spiro atoms. The smallest absolute Gasteiger partial charge is 0.257 e. The Morgan fingerprint density at radius 2 is 2.00 bits per heavy atom. The van der Waals surface area contributed by atoms with E-state index in [1.807, 2.05) is 6.07 Å². The highest BCUT2D eigenvalue weighted by atomic mass is 32.2. The Kier molecular flexibility index (Phi) is 3.66. The van der Waals surface area contributed by atoms with Crippen LogP contribution in [0.15, 0.2) is 35.7 Å². The lowest BCUT2D eigenvalue weighted by molar-refractivity contribution is -0.0273. The van der Waals surface area contributed by atoms with E-state index in [-0.39, 0.29) is 5.88 Å². The summed E-state index contributed by atoms with van der Waals surface area (Å²) in [6.45, 7) is 1.59.